The van der Waals surface area contributed by atoms with Gasteiger partial charge >= 0.3 is 0 Å². The molecule has 0 radical (unpaired) electrons. The van der Waals surface area contributed by atoms with Crippen LogP contribution in [0.25, 0.3) is 11.0 Å². The number of nitrogens with two attached hydrogens (primary N) is 1. The number of aryl methyl sites for hydroxylation is 2. The van der Waals surface area contributed by atoms with Crippen LogP contribution in [0.2, 0.25) is 0 Å². The molecule has 2 aromatic carbocycles. The molecule has 5 rings (SSSR count). The molecule has 1 fully saturated rings. The molecule has 1 atom stereocenters. The van der Waals surface area contributed by atoms with Crippen LogP contribution in [0, 0.1) is 0 Å². The molecule has 2 N–H and O–H groups in total. The fourth-order valence-electron chi connectivity index (χ4n) is 5.04. The van der Waals surface area contributed by atoms with E-state index in [1.54, 1.807) is 6.07 Å². The Hall–Kier alpha value is -3.11. The van der Waals surface area contributed by atoms with Gasteiger partial charge in [-0.3, -0.25) is 4.79 Å². The highest BCUT2D eigenvalue weighted by Gasteiger charge is 2.31. The van der Waals surface area contributed by atoms with E-state index in [-0.39, 0.29) is 16.8 Å². The fraction of sp³-hybridized carbons (Fsp3) is 0.440. The summed E-state index contributed by atoms with van der Waals surface area (Å²) in [4.78, 5) is 20.0. The highest BCUT2D eigenvalue weighted by atomic mass is 32.2. The van der Waals surface area contributed by atoms with Crippen molar-refractivity contribution in [3.05, 3.63) is 47.8 Å². The monoisotopic (exact) mass is 498 g/mol. The first-order chi connectivity index (χ1) is 16.8. The lowest BCUT2D eigenvalue weighted by Gasteiger charge is -2.27. The van der Waals surface area contributed by atoms with E-state index in [0.29, 0.717) is 31.6 Å². The Labute approximate surface area is 204 Å². The Bertz CT molecular complexity index is 1370. The number of hydrogen-bond acceptors (Lipinski definition) is 6. The van der Waals surface area contributed by atoms with Gasteiger partial charge in [-0.1, -0.05) is 13.0 Å². The molecular weight excluding hydrogens is 468 g/mol. The summed E-state index contributed by atoms with van der Waals surface area (Å²) in [7, 11) is -3.81. The van der Waals surface area contributed by atoms with E-state index in [9.17, 15) is 13.2 Å². The summed E-state index contributed by atoms with van der Waals surface area (Å²) in [6.07, 6.45) is 3.56. The van der Waals surface area contributed by atoms with Gasteiger partial charge < -0.3 is 18.9 Å². The molecule has 9 nitrogen and oxygen atoms in total. The zero-order chi connectivity index (χ0) is 24.6. The van der Waals surface area contributed by atoms with Gasteiger partial charge in [-0.15, -0.1) is 0 Å². The minimum absolute atomic E-state index is 0.0186. The van der Waals surface area contributed by atoms with Crippen LogP contribution in [0.5, 0.6) is 11.5 Å². The number of benzene rings is 2. The summed E-state index contributed by atoms with van der Waals surface area (Å²) >= 11 is 0. The lowest BCUT2D eigenvalue weighted by molar-refractivity contribution is -0.132. The van der Waals surface area contributed by atoms with Crippen molar-refractivity contribution in [2.24, 2.45) is 5.14 Å². The number of hydrogen-bond donors (Lipinski definition) is 1. The standard InChI is InChI=1S/C25H30N4O5S/c1-2-11-28-21-7-6-18(35(26,31)32)16-19(21)27-24(28)9-10-25(30)29-12-3-4-20(29)17-5-8-22-23(15-17)34-14-13-33-22/h5-8,15-16,20H,2-4,9-14H2,1H3,(H2,26,31,32). The first kappa shape index (κ1) is 23.6. The summed E-state index contributed by atoms with van der Waals surface area (Å²) < 4.78 is 37.0. The lowest BCUT2D eigenvalue weighted by Crippen LogP contribution is -2.31. The predicted octanol–water partition coefficient (Wildman–Crippen LogP) is 3.16. The molecule has 3 heterocycles. The zero-order valence-electron chi connectivity index (χ0n) is 19.8. The molecule has 186 valence electrons. The van der Waals surface area contributed by atoms with Gasteiger partial charge in [-0.2, -0.15) is 0 Å². The van der Waals surface area contributed by atoms with E-state index < -0.39 is 10.0 Å². The summed E-state index contributed by atoms with van der Waals surface area (Å²) in [5, 5.41) is 5.29. The molecule has 1 saturated heterocycles. The molecule has 0 spiro atoms. The third-order valence-corrected chi connectivity index (χ3v) is 7.57. The number of amides is 1. The van der Waals surface area contributed by atoms with Gasteiger partial charge in [0.05, 0.1) is 22.0 Å². The third-order valence-electron chi connectivity index (χ3n) is 6.66. The summed E-state index contributed by atoms with van der Waals surface area (Å²) in [6, 6.07) is 10.7. The molecule has 0 aliphatic carbocycles. The number of nitrogens with zero attached hydrogens (tertiary/aromatic N) is 3. The van der Waals surface area contributed by atoms with Crippen LogP contribution in [0.4, 0.5) is 0 Å². The Balaban J connectivity index is 1.34. The Morgan fingerprint density at radius 2 is 1.94 bits per heavy atom. The Morgan fingerprint density at radius 3 is 2.71 bits per heavy atom. The van der Waals surface area contributed by atoms with Gasteiger partial charge in [0.25, 0.3) is 0 Å². The number of sulfonamides is 1. The molecule has 2 aliphatic heterocycles. The van der Waals surface area contributed by atoms with E-state index in [4.69, 9.17) is 14.6 Å². The normalized spacial score (nSPS) is 17.8. The van der Waals surface area contributed by atoms with Crippen molar-refractivity contribution in [2.45, 2.75) is 56.5 Å². The van der Waals surface area contributed by atoms with Gasteiger partial charge in [-0.25, -0.2) is 18.5 Å². The number of aromatic nitrogens is 2. The highest BCUT2D eigenvalue weighted by molar-refractivity contribution is 7.89. The summed E-state index contributed by atoms with van der Waals surface area (Å²) in [6.45, 7) is 4.61. The maximum Gasteiger partial charge on any atom is 0.238 e. The Kier molecular flexibility index (Phi) is 6.41. The van der Waals surface area contributed by atoms with Crippen LogP contribution in [-0.2, 0) is 27.8 Å². The summed E-state index contributed by atoms with van der Waals surface area (Å²) in [5.74, 6) is 2.34. The van der Waals surface area contributed by atoms with Crippen LogP contribution >= 0.6 is 0 Å². The van der Waals surface area contributed by atoms with Crippen LogP contribution in [-0.4, -0.2) is 48.5 Å². The number of likely N-dealkylation sites (tertiary alicyclic amines) is 1. The maximum atomic E-state index is 13.3. The van der Waals surface area contributed by atoms with Crippen molar-refractivity contribution in [1.82, 2.24) is 14.5 Å². The first-order valence-electron chi connectivity index (χ1n) is 12.1. The topological polar surface area (TPSA) is 117 Å². The predicted molar refractivity (Wildman–Crippen MR) is 131 cm³/mol. The quantitative estimate of drug-likeness (QED) is 0.535. The van der Waals surface area contributed by atoms with Crippen molar-refractivity contribution in [3.63, 3.8) is 0 Å². The van der Waals surface area contributed by atoms with Gasteiger partial charge in [0.15, 0.2) is 11.5 Å². The maximum absolute atomic E-state index is 13.3. The molecule has 0 saturated carbocycles. The summed E-state index contributed by atoms with van der Waals surface area (Å²) in [5.41, 5.74) is 2.48. The number of imidazole rings is 1. The number of fused-ring (bicyclic) bond motifs is 2. The molecule has 1 unspecified atom stereocenters. The average Bonchev–Trinajstić information content (AvgIpc) is 3.47. The van der Waals surface area contributed by atoms with Crippen molar-refractivity contribution < 1.29 is 22.7 Å². The van der Waals surface area contributed by atoms with Crippen molar-refractivity contribution >= 4 is 27.0 Å². The average molecular weight is 499 g/mol. The van der Waals surface area contributed by atoms with Crippen molar-refractivity contribution in [1.29, 1.82) is 0 Å². The van der Waals surface area contributed by atoms with Gasteiger partial charge in [-0.05, 0) is 55.2 Å². The second-order valence-electron chi connectivity index (χ2n) is 9.02. The molecule has 35 heavy (non-hydrogen) atoms. The molecule has 1 amide bonds. The van der Waals surface area contributed by atoms with E-state index in [1.807, 2.05) is 23.1 Å². The number of primary sulfonamides is 1. The molecule has 3 aromatic rings. The molecular formula is C25H30N4O5S. The van der Waals surface area contributed by atoms with E-state index in [2.05, 4.69) is 16.5 Å². The first-order valence-corrected chi connectivity index (χ1v) is 13.6. The number of rotatable bonds is 7. The number of carbonyl (C=O) groups excluding carboxylic acids is 1. The second-order valence-corrected chi connectivity index (χ2v) is 10.6. The minimum Gasteiger partial charge on any atom is -0.486 e. The second kappa shape index (κ2) is 9.50. The number of ether oxygens (including phenoxy) is 2. The van der Waals surface area contributed by atoms with E-state index in [0.717, 1.165) is 60.8 Å². The fourth-order valence-corrected chi connectivity index (χ4v) is 5.58. The lowest BCUT2D eigenvalue weighted by atomic mass is 10.0. The van der Waals surface area contributed by atoms with Gasteiger partial charge in [0.2, 0.25) is 15.9 Å². The van der Waals surface area contributed by atoms with Gasteiger partial charge in [0.1, 0.15) is 19.0 Å². The van der Waals surface area contributed by atoms with Crippen LogP contribution < -0.4 is 14.6 Å². The van der Waals surface area contributed by atoms with Crippen LogP contribution in [0.15, 0.2) is 41.3 Å². The van der Waals surface area contributed by atoms with Crippen molar-refractivity contribution in [2.75, 3.05) is 19.8 Å². The van der Waals surface area contributed by atoms with Crippen molar-refractivity contribution in [3.8, 4) is 11.5 Å². The van der Waals surface area contributed by atoms with E-state index >= 15 is 0 Å². The van der Waals surface area contributed by atoms with E-state index in [1.165, 1.54) is 12.1 Å². The number of carbonyl (C=O) groups is 1. The molecule has 10 heteroatoms. The molecule has 1 aromatic heterocycles. The highest BCUT2D eigenvalue weighted by Crippen LogP contribution is 2.38. The smallest absolute Gasteiger partial charge is 0.238 e. The van der Waals surface area contributed by atoms with Crippen LogP contribution in [0.1, 0.15) is 50.0 Å². The molecule has 2 aliphatic rings. The largest absolute Gasteiger partial charge is 0.486 e. The Morgan fingerprint density at radius 1 is 1.14 bits per heavy atom. The van der Waals surface area contributed by atoms with Gasteiger partial charge in [0, 0.05) is 25.9 Å². The third kappa shape index (κ3) is 4.72. The SMILES string of the molecule is CCCn1c(CCC(=O)N2CCCC2c2ccc3c(c2)OCCO3)nc2cc(S(N)(=O)=O)ccc21. The van der Waals surface area contributed by atoms with Crippen LogP contribution in [0.3, 0.4) is 0 Å². The zero-order valence-corrected chi connectivity index (χ0v) is 20.6. The molecule has 0 bridgehead atoms. The minimum atomic E-state index is -3.81.